The summed E-state index contributed by atoms with van der Waals surface area (Å²) in [5, 5.41) is 3.49. The first-order valence-electron chi connectivity index (χ1n) is 9.84. The monoisotopic (exact) mass is 364 g/mol. The van der Waals surface area contributed by atoms with E-state index in [0.29, 0.717) is 5.56 Å². The number of benzene rings is 1. The van der Waals surface area contributed by atoms with Gasteiger partial charge in [0.25, 0.3) is 5.91 Å². The second kappa shape index (κ2) is 7.69. The molecule has 0 spiro atoms. The fraction of sp³-hybridized carbons (Fsp3) is 0.455. The number of likely N-dealkylation sites (tertiary alicyclic amines) is 1. The largest absolute Gasteiger partial charge is 0.378 e. The molecule has 2 aliphatic rings. The highest BCUT2D eigenvalue weighted by Crippen LogP contribution is 2.28. The van der Waals surface area contributed by atoms with E-state index < -0.39 is 0 Å². The van der Waals surface area contributed by atoms with Crippen molar-refractivity contribution in [3.8, 4) is 11.1 Å². The van der Waals surface area contributed by atoms with Crippen molar-refractivity contribution in [3.63, 3.8) is 0 Å². The molecular weight excluding hydrogens is 336 g/mol. The highest BCUT2D eigenvalue weighted by Gasteiger charge is 2.31. The summed E-state index contributed by atoms with van der Waals surface area (Å²) in [7, 11) is 4.06. The first kappa shape index (κ1) is 18.0. The molecule has 5 nitrogen and oxygen atoms in total. The molecule has 2 aromatic rings. The van der Waals surface area contributed by atoms with Crippen LogP contribution >= 0.6 is 0 Å². The van der Waals surface area contributed by atoms with E-state index in [4.69, 9.17) is 0 Å². The number of carbonyl (C=O) groups is 1. The summed E-state index contributed by atoms with van der Waals surface area (Å²) in [6.45, 7) is 3.91. The zero-order valence-corrected chi connectivity index (χ0v) is 16.2. The van der Waals surface area contributed by atoms with Gasteiger partial charge in [-0.05, 0) is 61.5 Å². The number of nitrogens with zero attached hydrogens (tertiary/aromatic N) is 3. The van der Waals surface area contributed by atoms with Gasteiger partial charge in [-0.2, -0.15) is 0 Å². The fourth-order valence-electron chi connectivity index (χ4n) is 4.27. The lowest BCUT2D eigenvalue weighted by Gasteiger charge is -2.21. The maximum absolute atomic E-state index is 13.1. The van der Waals surface area contributed by atoms with Crippen LogP contribution in [0.25, 0.3) is 11.1 Å². The summed E-state index contributed by atoms with van der Waals surface area (Å²) in [6.07, 6.45) is 5.73. The average Bonchev–Trinajstić information content (AvgIpc) is 3.06. The zero-order chi connectivity index (χ0) is 18.8. The van der Waals surface area contributed by atoms with Gasteiger partial charge in [0.2, 0.25) is 0 Å². The van der Waals surface area contributed by atoms with E-state index in [1.807, 2.05) is 31.3 Å². The molecule has 27 heavy (non-hydrogen) atoms. The molecule has 0 unspecified atom stereocenters. The second-order valence-corrected chi connectivity index (χ2v) is 7.95. The Hall–Kier alpha value is -2.40. The molecule has 5 heteroatoms. The molecule has 1 aromatic heterocycles. The van der Waals surface area contributed by atoms with Crippen molar-refractivity contribution in [3.05, 3.63) is 48.3 Å². The molecule has 4 rings (SSSR count). The van der Waals surface area contributed by atoms with Crippen LogP contribution < -0.4 is 10.2 Å². The smallest absolute Gasteiger partial charge is 0.255 e. The molecule has 1 aromatic carbocycles. The van der Waals surface area contributed by atoms with Crippen molar-refractivity contribution in [2.45, 2.75) is 12.8 Å². The summed E-state index contributed by atoms with van der Waals surface area (Å²) in [6, 6.07) is 10.3. The average molecular weight is 364 g/mol. The topological polar surface area (TPSA) is 48.5 Å². The molecule has 2 atom stereocenters. The zero-order valence-electron chi connectivity index (χ0n) is 16.2. The van der Waals surface area contributed by atoms with Crippen LogP contribution in [0.15, 0.2) is 42.7 Å². The van der Waals surface area contributed by atoms with E-state index in [0.717, 1.165) is 67.7 Å². The summed E-state index contributed by atoms with van der Waals surface area (Å²) >= 11 is 0. The Morgan fingerprint density at radius 1 is 1.04 bits per heavy atom. The van der Waals surface area contributed by atoms with Crippen molar-refractivity contribution in [1.29, 1.82) is 0 Å². The van der Waals surface area contributed by atoms with Crippen molar-refractivity contribution in [2.75, 3.05) is 45.2 Å². The normalized spacial score (nSPS) is 22.2. The van der Waals surface area contributed by atoms with Crippen LogP contribution in [0.3, 0.4) is 0 Å². The summed E-state index contributed by atoms with van der Waals surface area (Å²) in [4.78, 5) is 21.5. The molecule has 0 saturated carbocycles. The van der Waals surface area contributed by atoms with E-state index in [2.05, 4.69) is 39.5 Å². The summed E-state index contributed by atoms with van der Waals surface area (Å²) < 4.78 is 0. The van der Waals surface area contributed by atoms with Gasteiger partial charge in [-0.3, -0.25) is 9.78 Å². The Balaban J connectivity index is 1.50. The predicted molar refractivity (Wildman–Crippen MR) is 109 cm³/mol. The molecule has 0 aliphatic carbocycles. The Labute approximate surface area is 161 Å². The molecule has 2 aliphatic heterocycles. The van der Waals surface area contributed by atoms with Gasteiger partial charge in [-0.25, -0.2) is 0 Å². The molecule has 0 radical (unpaired) electrons. The maximum atomic E-state index is 13.1. The number of nitrogens with one attached hydrogen (secondary N) is 1. The first-order chi connectivity index (χ1) is 13.1. The lowest BCUT2D eigenvalue weighted by molar-refractivity contribution is 0.0758. The Morgan fingerprint density at radius 2 is 1.70 bits per heavy atom. The van der Waals surface area contributed by atoms with E-state index in [-0.39, 0.29) is 5.91 Å². The molecule has 0 bridgehead atoms. The van der Waals surface area contributed by atoms with Crippen LogP contribution in [0, 0.1) is 11.8 Å². The first-order valence-corrected chi connectivity index (χ1v) is 9.84. The van der Waals surface area contributed by atoms with Gasteiger partial charge < -0.3 is 15.1 Å². The number of aromatic nitrogens is 1. The lowest BCUT2D eigenvalue weighted by atomic mass is 9.92. The number of hydrogen-bond acceptors (Lipinski definition) is 4. The Kier molecular flexibility index (Phi) is 5.12. The molecule has 1 N–H and O–H groups in total. The minimum Gasteiger partial charge on any atom is -0.378 e. The van der Waals surface area contributed by atoms with Crippen LogP contribution in [-0.2, 0) is 0 Å². The quantitative estimate of drug-likeness (QED) is 0.910. The minimum absolute atomic E-state index is 0.113. The Bertz CT molecular complexity index is 788. The van der Waals surface area contributed by atoms with E-state index in [1.165, 1.54) is 0 Å². The van der Waals surface area contributed by atoms with Crippen LogP contribution in [0.5, 0.6) is 0 Å². The minimum atomic E-state index is 0.113. The SMILES string of the molecule is CN(C)c1ccc(-c2cncc(C(=O)N3CC[C@@H]4CNC[C@@H]4CC3)c2)cc1. The highest BCUT2D eigenvalue weighted by molar-refractivity contribution is 5.95. The van der Waals surface area contributed by atoms with Crippen LogP contribution in [0.4, 0.5) is 5.69 Å². The fourth-order valence-corrected chi connectivity index (χ4v) is 4.27. The molecular formula is C22H28N4O. The third-order valence-corrected chi connectivity index (χ3v) is 6.01. The standard InChI is InChI=1S/C22H28N4O/c1-25(2)21-5-3-16(4-6-21)19-11-20(15-24-14-19)22(27)26-9-7-17-12-23-13-18(17)8-10-26/h3-6,11,14-15,17-18,23H,7-10,12-13H2,1-2H3/t17-,18+. The van der Waals surface area contributed by atoms with Gasteiger partial charge in [0, 0.05) is 50.8 Å². The number of rotatable bonds is 3. The van der Waals surface area contributed by atoms with Gasteiger partial charge in [0.05, 0.1) is 5.56 Å². The van der Waals surface area contributed by atoms with Gasteiger partial charge in [-0.15, -0.1) is 0 Å². The van der Waals surface area contributed by atoms with Crippen molar-refractivity contribution >= 4 is 11.6 Å². The van der Waals surface area contributed by atoms with E-state index in [9.17, 15) is 4.79 Å². The van der Waals surface area contributed by atoms with Crippen molar-refractivity contribution < 1.29 is 4.79 Å². The second-order valence-electron chi connectivity index (χ2n) is 7.95. The van der Waals surface area contributed by atoms with Crippen LogP contribution in [0.1, 0.15) is 23.2 Å². The Morgan fingerprint density at radius 3 is 2.33 bits per heavy atom. The van der Waals surface area contributed by atoms with Crippen LogP contribution in [-0.4, -0.2) is 56.1 Å². The number of amides is 1. The third kappa shape index (κ3) is 3.83. The molecule has 1 amide bonds. The lowest BCUT2D eigenvalue weighted by Crippen LogP contribution is -2.32. The summed E-state index contributed by atoms with van der Waals surface area (Å²) in [5.41, 5.74) is 3.92. The molecule has 3 heterocycles. The number of pyridine rings is 1. The number of fused-ring (bicyclic) bond motifs is 1. The highest BCUT2D eigenvalue weighted by atomic mass is 16.2. The molecule has 2 saturated heterocycles. The van der Waals surface area contributed by atoms with Gasteiger partial charge in [-0.1, -0.05) is 12.1 Å². The number of hydrogen-bond donors (Lipinski definition) is 1. The van der Waals surface area contributed by atoms with Crippen LogP contribution in [0.2, 0.25) is 0 Å². The van der Waals surface area contributed by atoms with E-state index in [1.54, 1.807) is 6.20 Å². The molecule has 142 valence electrons. The maximum Gasteiger partial charge on any atom is 0.255 e. The van der Waals surface area contributed by atoms with E-state index >= 15 is 0 Å². The molecule has 2 fully saturated rings. The number of anilines is 1. The van der Waals surface area contributed by atoms with Gasteiger partial charge in [0.15, 0.2) is 0 Å². The van der Waals surface area contributed by atoms with Gasteiger partial charge in [0.1, 0.15) is 0 Å². The third-order valence-electron chi connectivity index (χ3n) is 6.01. The van der Waals surface area contributed by atoms with Gasteiger partial charge >= 0.3 is 0 Å². The number of carbonyl (C=O) groups excluding carboxylic acids is 1. The summed E-state index contributed by atoms with van der Waals surface area (Å²) in [5.74, 6) is 1.56. The van der Waals surface area contributed by atoms with Crippen molar-refractivity contribution in [1.82, 2.24) is 15.2 Å². The predicted octanol–water partition coefficient (Wildman–Crippen LogP) is 2.89. The van der Waals surface area contributed by atoms with Crippen molar-refractivity contribution in [2.24, 2.45) is 11.8 Å².